The van der Waals surface area contributed by atoms with Crippen LogP contribution in [0, 0.1) is 0 Å². The number of methoxy groups -OCH3 is 1. The van der Waals surface area contributed by atoms with Gasteiger partial charge in [0.1, 0.15) is 5.75 Å². The Balaban J connectivity index is 3.32. The smallest absolute Gasteiger partial charge is 0.417 e. The SMILES string of the molecule is COc1cc(Br)c(C(F)(F)F)cc1CCl. The van der Waals surface area contributed by atoms with Gasteiger partial charge in [-0.05, 0) is 12.1 Å². The Morgan fingerprint density at radius 1 is 1.40 bits per heavy atom. The molecule has 0 N–H and O–H groups in total. The molecular weight excluding hydrogens is 296 g/mol. The summed E-state index contributed by atoms with van der Waals surface area (Å²) in [6.45, 7) is 0. The summed E-state index contributed by atoms with van der Waals surface area (Å²) < 4.78 is 42.3. The zero-order valence-corrected chi connectivity index (χ0v) is 10.0. The Hall–Kier alpha value is -0.420. The van der Waals surface area contributed by atoms with Crippen LogP contribution in [0.15, 0.2) is 16.6 Å². The highest BCUT2D eigenvalue weighted by Crippen LogP contribution is 2.38. The Kier molecular flexibility index (Phi) is 3.89. The van der Waals surface area contributed by atoms with Crippen molar-refractivity contribution in [1.29, 1.82) is 0 Å². The lowest BCUT2D eigenvalue weighted by Crippen LogP contribution is -2.07. The molecule has 0 saturated carbocycles. The Bertz CT molecular complexity index is 365. The molecule has 0 amide bonds. The minimum Gasteiger partial charge on any atom is -0.496 e. The largest absolute Gasteiger partial charge is 0.496 e. The first-order valence-corrected chi connectivity index (χ1v) is 5.22. The number of halogens is 5. The minimum absolute atomic E-state index is 0.0282. The van der Waals surface area contributed by atoms with Gasteiger partial charge in [0.15, 0.2) is 0 Å². The predicted molar refractivity (Wildman–Crippen MR) is 55.3 cm³/mol. The molecule has 0 saturated heterocycles. The van der Waals surface area contributed by atoms with Crippen molar-refractivity contribution in [2.75, 3.05) is 7.11 Å². The van der Waals surface area contributed by atoms with E-state index in [4.69, 9.17) is 16.3 Å². The molecule has 1 aromatic rings. The number of rotatable bonds is 2. The average Bonchev–Trinajstić information content (AvgIpc) is 2.15. The molecule has 0 aromatic heterocycles. The first-order chi connectivity index (χ1) is 6.90. The molecule has 0 heterocycles. The topological polar surface area (TPSA) is 9.23 Å². The molecule has 0 aliphatic heterocycles. The third kappa shape index (κ3) is 2.78. The van der Waals surface area contributed by atoms with Crippen molar-refractivity contribution >= 4 is 27.5 Å². The lowest BCUT2D eigenvalue weighted by molar-refractivity contribution is -0.138. The Morgan fingerprint density at radius 3 is 2.40 bits per heavy atom. The number of benzene rings is 1. The van der Waals surface area contributed by atoms with Gasteiger partial charge in [-0.25, -0.2) is 0 Å². The fourth-order valence-corrected chi connectivity index (χ4v) is 1.87. The van der Waals surface area contributed by atoms with Gasteiger partial charge in [-0.3, -0.25) is 0 Å². The molecule has 0 radical (unpaired) electrons. The zero-order chi connectivity index (χ0) is 11.6. The molecule has 1 nitrogen and oxygen atoms in total. The summed E-state index contributed by atoms with van der Waals surface area (Å²) in [6.07, 6.45) is -4.40. The molecule has 0 unspecified atom stereocenters. The number of alkyl halides is 4. The molecule has 0 aliphatic rings. The zero-order valence-electron chi connectivity index (χ0n) is 7.66. The maximum atomic E-state index is 12.5. The molecule has 0 aliphatic carbocycles. The van der Waals surface area contributed by atoms with E-state index in [0.29, 0.717) is 11.3 Å². The van der Waals surface area contributed by atoms with Crippen LogP contribution in [-0.4, -0.2) is 7.11 Å². The number of hydrogen-bond donors (Lipinski definition) is 0. The van der Waals surface area contributed by atoms with Crippen molar-refractivity contribution in [3.8, 4) is 5.75 Å². The fourth-order valence-electron chi connectivity index (χ4n) is 1.11. The number of ether oxygens (including phenoxy) is 1. The second-order valence-electron chi connectivity index (χ2n) is 2.78. The highest BCUT2D eigenvalue weighted by molar-refractivity contribution is 9.10. The van der Waals surface area contributed by atoms with Crippen LogP contribution in [-0.2, 0) is 12.1 Å². The van der Waals surface area contributed by atoms with Gasteiger partial charge < -0.3 is 4.74 Å². The van der Waals surface area contributed by atoms with Gasteiger partial charge in [-0.2, -0.15) is 13.2 Å². The van der Waals surface area contributed by atoms with Gasteiger partial charge in [-0.15, -0.1) is 11.6 Å². The maximum Gasteiger partial charge on any atom is 0.417 e. The van der Waals surface area contributed by atoms with Crippen molar-refractivity contribution in [2.24, 2.45) is 0 Å². The van der Waals surface area contributed by atoms with Crippen molar-refractivity contribution in [3.63, 3.8) is 0 Å². The van der Waals surface area contributed by atoms with Crippen molar-refractivity contribution in [2.45, 2.75) is 12.1 Å². The van der Waals surface area contributed by atoms with E-state index in [1.54, 1.807) is 0 Å². The maximum absolute atomic E-state index is 12.5. The third-order valence-corrected chi connectivity index (χ3v) is 2.76. The van der Waals surface area contributed by atoms with Crippen molar-refractivity contribution in [3.05, 3.63) is 27.7 Å². The molecule has 0 spiro atoms. The van der Waals surface area contributed by atoms with E-state index in [2.05, 4.69) is 15.9 Å². The second kappa shape index (κ2) is 4.61. The van der Waals surface area contributed by atoms with Gasteiger partial charge >= 0.3 is 6.18 Å². The molecule has 84 valence electrons. The summed E-state index contributed by atoms with van der Waals surface area (Å²) >= 11 is 8.37. The van der Waals surface area contributed by atoms with Gasteiger partial charge in [0.25, 0.3) is 0 Å². The summed E-state index contributed by atoms with van der Waals surface area (Å²) in [5, 5.41) is 0. The molecule has 15 heavy (non-hydrogen) atoms. The van der Waals surface area contributed by atoms with Gasteiger partial charge in [0.2, 0.25) is 0 Å². The summed E-state index contributed by atoms with van der Waals surface area (Å²) in [6, 6.07) is 2.25. The summed E-state index contributed by atoms with van der Waals surface area (Å²) in [5.74, 6) is 0.310. The van der Waals surface area contributed by atoms with Gasteiger partial charge in [-0.1, -0.05) is 15.9 Å². The molecule has 1 rings (SSSR count). The molecule has 0 fully saturated rings. The van der Waals surface area contributed by atoms with Crippen LogP contribution < -0.4 is 4.74 Å². The monoisotopic (exact) mass is 302 g/mol. The molecule has 0 bridgehead atoms. The quantitative estimate of drug-likeness (QED) is 0.744. The fraction of sp³-hybridized carbons (Fsp3) is 0.333. The molecule has 0 atom stereocenters. The van der Waals surface area contributed by atoms with E-state index in [-0.39, 0.29) is 10.4 Å². The van der Waals surface area contributed by atoms with Crippen LogP contribution in [0.2, 0.25) is 0 Å². The average molecular weight is 304 g/mol. The summed E-state index contributed by atoms with van der Waals surface area (Å²) in [5.41, 5.74) is -0.436. The lowest BCUT2D eigenvalue weighted by atomic mass is 10.1. The molecule has 1 aromatic carbocycles. The van der Waals surface area contributed by atoms with Gasteiger partial charge in [0, 0.05) is 10.0 Å². The Morgan fingerprint density at radius 2 is 2.00 bits per heavy atom. The summed E-state index contributed by atoms with van der Waals surface area (Å²) in [4.78, 5) is 0. The van der Waals surface area contributed by atoms with E-state index >= 15 is 0 Å². The van der Waals surface area contributed by atoms with Crippen molar-refractivity contribution in [1.82, 2.24) is 0 Å². The van der Waals surface area contributed by atoms with Crippen LogP contribution in [0.1, 0.15) is 11.1 Å². The van der Waals surface area contributed by atoms with Crippen LogP contribution >= 0.6 is 27.5 Å². The standard InChI is InChI=1S/C9H7BrClF3O/c1-15-8-3-7(10)6(9(12,13)14)2-5(8)4-11/h2-3H,4H2,1H3. The minimum atomic E-state index is -4.40. The first kappa shape index (κ1) is 12.6. The number of hydrogen-bond acceptors (Lipinski definition) is 1. The Labute approximate surface area is 98.3 Å². The normalized spacial score (nSPS) is 11.6. The second-order valence-corrected chi connectivity index (χ2v) is 3.90. The van der Waals surface area contributed by atoms with E-state index in [0.717, 1.165) is 6.07 Å². The van der Waals surface area contributed by atoms with Crippen LogP contribution in [0.3, 0.4) is 0 Å². The molecule has 6 heteroatoms. The highest BCUT2D eigenvalue weighted by atomic mass is 79.9. The first-order valence-electron chi connectivity index (χ1n) is 3.89. The summed E-state index contributed by atoms with van der Waals surface area (Å²) in [7, 11) is 1.38. The lowest BCUT2D eigenvalue weighted by Gasteiger charge is -2.13. The van der Waals surface area contributed by atoms with E-state index in [9.17, 15) is 13.2 Å². The highest BCUT2D eigenvalue weighted by Gasteiger charge is 2.33. The van der Waals surface area contributed by atoms with Crippen molar-refractivity contribution < 1.29 is 17.9 Å². The van der Waals surface area contributed by atoms with Crippen LogP contribution in [0.5, 0.6) is 5.75 Å². The van der Waals surface area contributed by atoms with E-state index in [1.807, 2.05) is 0 Å². The van der Waals surface area contributed by atoms with Gasteiger partial charge in [0.05, 0.1) is 18.6 Å². The predicted octanol–water partition coefficient (Wildman–Crippen LogP) is 4.22. The molecular formula is C9H7BrClF3O. The van der Waals surface area contributed by atoms with Crippen LogP contribution in [0.25, 0.3) is 0 Å². The van der Waals surface area contributed by atoms with E-state index in [1.165, 1.54) is 13.2 Å². The third-order valence-electron chi connectivity index (χ3n) is 1.82. The van der Waals surface area contributed by atoms with E-state index < -0.39 is 11.7 Å². The van der Waals surface area contributed by atoms with Crippen LogP contribution in [0.4, 0.5) is 13.2 Å².